The normalized spacial score (nSPS) is 11.4. The second-order valence-electron chi connectivity index (χ2n) is 3.88. The molecule has 1 aromatic carbocycles. The summed E-state index contributed by atoms with van der Waals surface area (Å²) >= 11 is 5.74. The number of rotatable bonds is 5. The summed E-state index contributed by atoms with van der Waals surface area (Å²) in [6.07, 6.45) is 3.05. The molecule has 2 rings (SSSR count). The standard InChI is InChI=1S/C11H10ClN3O4S/c12-10-3-8(1-2-9(10)11(16)17)20(18,19)15-6-7-4-13-14-5-7/h1-5,15H,6H2,(H,13,14)(H,16,17). The van der Waals surface area contributed by atoms with Gasteiger partial charge in [-0.15, -0.1) is 0 Å². The Kier molecular flexibility index (Phi) is 4.07. The molecule has 0 saturated carbocycles. The fourth-order valence-electron chi connectivity index (χ4n) is 1.47. The fourth-order valence-corrected chi connectivity index (χ4v) is 2.84. The van der Waals surface area contributed by atoms with Crippen LogP contribution in [0.5, 0.6) is 0 Å². The van der Waals surface area contributed by atoms with Crippen molar-refractivity contribution >= 4 is 27.6 Å². The van der Waals surface area contributed by atoms with Crippen molar-refractivity contribution in [2.75, 3.05) is 0 Å². The molecule has 0 bridgehead atoms. The highest BCUT2D eigenvalue weighted by Gasteiger charge is 2.17. The lowest BCUT2D eigenvalue weighted by Gasteiger charge is -2.07. The van der Waals surface area contributed by atoms with E-state index in [1.165, 1.54) is 12.3 Å². The number of benzene rings is 1. The molecule has 3 N–H and O–H groups in total. The van der Waals surface area contributed by atoms with E-state index in [1.54, 1.807) is 6.20 Å². The molecule has 9 heteroatoms. The van der Waals surface area contributed by atoms with Gasteiger partial charge >= 0.3 is 5.97 Å². The maximum Gasteiger partial charge on any atom is 0.337 e. The van der Waals surface area contributed by atoms with Crippen LogP contribution in [0, 0.1) is 0 Å². The highest BCUT2D eigenvalue weighted by atomic mass is 35.5. The zero-order chi connectivity index (χ0) is 14.8. The lowest BCUT2D eigenvalue weighted by molar-refractivity contribution is 0.0697. The molecule has 0 spiro atoms. The van der Waals surface area contributed by atoms with E-state index in [0.29, 0.717) is 5.56 Å². The van der Waals surface area contributed by atoms with Crippen LogP contribution >= 0.6 is 11.6 Å². The van der Waals surface area contributed by atoms with Gasteiger partial charge in [-0.25, -0.2) is 17.9 Å². The lowest BCUT2D eigenvalue weighted by atomic mass is 10.2. The SMILES string of the molecule is O=C(O)c1ccc(S(=O)(=O)NCc2cn[nH]c2)cc1Cl. The Morgan fingerprint density at radius 1 is 1.45 bits per heavy atom. The summed E-state index contributed by atoms with van der Waals surface area (Å²) in [6, 6.07) is 3.44. The van der Waals surface area contributed by atoms with Gasteiger partial charge in [-0.05, 0) is 18.2 Å². The van der Waals surface area contributed by atoms with Crippen LogP contribution in [-0.2, 0) is 16.6 Å². The van der Waals surface area contributed by atoms with Crippen molar-refractivity contribution in [1.82, 2.24) is 14.9 Å². The summed E-state index contributed by atoms with van der Waals surface area (Å²) in [5.41, 5.74) is 0.516. The molecule has 1 heterocycles. The molecule has 2 aromatic rings. The molecule has 0 unspecified atom stereocenters. The Hall–Kier alpha value is -1.90. The molecule has 20 heavy (non-hydrogen) atoms. The van der Waals surface area contributed by atoms with E-state index < -0.39 is 16.0 Å². The third-order valence-corrected chi connectivity index (χ3v) is 4.21. The number of hydrogen-bond acceptors (Lipinski definition) is 4. The number of aromatic nitrogens is 2. The number of nitrogens with zero attached hydrogens (tertiary/aromatic N) is 1. The quantitative estimate of drug-likeness (QED) is 0.768. The number of hydrogen-bond donors (Lipinski definition) is 3. The Morgan fingerprint density at radius 3 is 2.75 bits per heavy atom. The third kappa shape index (κ3) is 3.16. The third-order valence-electron chi connectivity index (χ3n) is 2.50. The van der Waals surface area contributed by atoms with E-state index >= 15 is 0 Å². The van der Waals surface area contributed by atoms with E-state index in [-0.39, 0.29) is 22.0 Å². The predicted molar refractivity (Wildman–Crippen MR) is 71.0 cm³/mol. The van der Waals surface area contributed by atoms with E-state index in [0.717, 1.165) is 12.1 Å². The van der Waals surface area contributed by atoms with Crippen LogP contribution in [0.25, 0.3) is 0 Å². The van der Waals surface area contributed by atoms with E-state index in [2.05, 4.69) is 14.9 Å². The fraction of sp³-hybridized carbons (Fsp3) is 0.0909. The number of aromatic amines is 1. The van der Waals surface area contributed by atoms with Crippen LogP contribution in [-0.4, -0.2) is 29.7 Å². The van der Waals surface area contributed by atoms with Crippen molar-refractivity contribution in [3.63, 3.8) is 0 Å². The van der Waals surface area contributed by atoms with Gasteiger partial charge in [-0.1, -0.05) is 11.6 Å². The average Bonchev–Trinajstić information content (AvgIpc) is 2.89. The number of nitrogens with one attached hydrogen (secondary N) is 2. The Balaban J connectivity index is 2.21. The molecule has 0 atom stereocenters. The van der Waals surface area contributed by atoms with Crippen molar-refractivity contribution in [3.05, 3.63) is 46.7 Å². The van der Waals surface area contributed by atoms with Crippen molar-refractivity contribution in [3.8, 4) is 0 Å². The second-order valence-corrected chi connectivity index (χ2v) is 6.05. The smallest absolute Gasteiger partial charge is 0.337 e. The largest absolute Gasteiger partial charge is 0.478 e. The molecule has 7 nitrogen and oxygen atoms in total. The van der Waals surface area contributed by atoms with Gasteiger partial charge in [0, 0.05) is 18.3 Å². The van der Waals surface area contributed by atoms with Gasteiger partial charge in [0.1, 0.15) is 0 Å². The van der Waals surface area contributed by atoms with Gasteiger partial charge in [-0.3, -0.25) is 5.10 Å². The zero-order valence-electron chi connectivity index (χ0n) is 10.00. The summed E-state index contributed by atoms with van der Waals surface area (Å²) in [5.74, 6) is -1.22. The summed E-state index contributed by atoms with van der Waals surface area (Å²) in [6.45, 7) is 0.0666. The molecule has 0 radical (unpaired) electrons. The molecular formula is C11H10ClN3O4S. The van der Waals surface area contributed by atoms with Gasteiger partial charge < -0.3 is 5.11 Å². The highest BCUT2D eigenvalue weighted by molar-refractivity contribution is 7.89. The van der Waals surface area contributed by atoms with Gasteiger partial charge in [0.25, 0.3) is 0 Å². The van der Waals surface area contributed by atoms with Crippen LogP contribution < -0.4 is 4.72 Å². The molecule has 106 valence electrons. The molecule has 0 aliphatic carbocycles. The monoisotopic (exact) mass is 315 g/mol. The molecule has 0 saturated heterocycles. The number of H-pyrrole nitrogens is 1. The number of sulfonamides is 1. The lowest BCUT2D eigenvalue weighted by Crippen LogP contribution is -2.23. The Morgan fingerprint density at radius 2 is 2.20 bits per heavy atom. The summed E-state index contributed by atoms with van der Waals surface area (Å²) in [4.78, 5) is 10.7. The van der Waals surface area contributed by atoms with E-state index in [9.17, 15) is 13.2 Å². The van der Waals surface area contributed by atoms with Gasteiger partial charge in [-0.2, -0.15) is 5.10 Å². The topological polar surface area (TPSA) is 112 Å². The molecule has 1 aromatic heterocycles. The predicted octanol–water partition coefficient (Wildman–Crippen LogP) is 1.24. The number of carboxylic acid groups (broad SMARTS) is 1. The average molecular weight is 316 g/mol. The zero-order valence-corrected chi connectivity index (χ0v) is 11.6. The first-order valence-corrected chi connectivity index (χ1v) is 7.26. The number of aromatic carboxylic acids is 1. The van der Waals surface area contributed by atoms with Crippen molar-refractivity contribution in [2.24, 2.45) is 0 Å². The van der Waals surface area contributed by atoms with Gasteiger partial charge in [0.15, 0.2) is 0 Å². The van der Waals surface area contributed by atoms with Crippen molar-refractivity contribution < 1.29 is 18.3 Å². The van der Waals surface area contributed by atoms with E-state index in [1.807, 2.05) is 0 Å². The van der Waals surface area contributed by atoms with E-state index in [4.69, 9.17) is 16.7 Å². The second kappa shape index (κ2) is 5.61. The minimum atomic E-state index is -3.77. The molecular weight excluding hydrogens is 306 g/mol. The Bertz CT molecular complexity index is 728. The first-order valence-electron chi connectivity index (χ1n) is 5.40. The van der Waals surface area contributed by atoms with Crippen molar-refractivity contribution in [1.29, 1.82) is 0 Å². The minimum Gasteiger partial charge on any atom is -0.478 e. The molecule has 0 fully saturated rings. The first kappa shape index (κ1) is 14.5. The highest BCUT2D eigenvalue weighted by Crippen LogP contribution is 2.21. The van der Waals surface area contributed by atoms with Crippen LogP contribution in [0.15, 0.2) is 35.5 Å². The molecule has 0 amide bonds. The van der Waals surface area contributed by atoms with Crippen LogP contribution in [0.2, 0.25) is 5.02 Å². The maximum absolute atomic E-state index is 12.0. The summed E-state index contributed by atoms with van der Waals surface area (Å²) in [7, 11) is -3.77. The number of carbonyl (C=O) groups is 1. The van der Waals surface area contributed by atoms with Crippen LogP contribution in [0.1, 0.15) is 15.9 Å². The van der Waals surface area contributed by atoms with Crippen LogP contribution in [0.3, 0.4) is 0 Å². The molecule has 0 aliphatic rings. The van der Waals surface area contributed by atoms with Gasteiger partial charge in [0.2, 0.25) is 10.0 Å². The maximum atomic E-state index is 12.0. The van der Waals surface area contributed by atoms with Crippen molar-refractivity contribution in [2.45, 2.75) is 11.4 Å². The van der Waals surface area contributed by atoms with Gasteiger partial charge in [0.05, 0.1) is 21.7 Å². The summed E-state index contributed by atoms with van der Waals surface area (Å²) < 4.78 is 26.4. The first-order chi connectivity index (χ1) is 9.40. The van der Waals surface area contributed by atoms with Crippen LogP contribution in [0.4, 0.5) is 0 Å². The number of carboxylic acids is 1. The Labute approximate surface area is 119 Å². The number of halogens is 1. The summed E-state index contributed by atoms with van der Waals surface area (Å²) in [5, 5.41) is 15.0. The molecule has 0 aliphatic heterocycles. The minimum absolute atomic E-state index is 0.0666.